The van der Waals surface area contributed by atoms with Gasteiger partial charge in [0.2, 0.25) is 0 Å². The largest absolute Gasteiger partial charge is 0.444 e. The zero-order valence-corrected chi connectivity index (χ0v) is 14.8. The van der Waals surface area contributed by atoms with Crippen LogP contribution < -0.4 is 5.32 Å². The second kappa shape index (κ2) is 7.81. The van der Waals surface area contributed by atoms with Crippen molar-refractivity contribution in [2.45, 2.75) is 59.2 Å². The number of carbonyl (C=O) groups excluding carboxylic acids is 1. The first-order valence-corrected chi connectivity index (χ1v) is 8.57. The van der Waals surface area contributed by atoms with E-state index < -0.39 is 5.60 Å². The van der Waals surface area contributed by atoms with Gasteiger partial charge >= 0.3 is 6.09 Å². The summed E-state index contributed by atoms with van der Waals surface area (Å²) in [6, 6.07) is 0. The lowest BCUT2D eigenvalue weighted by Crippen LogP contribution is -2.36. The Labute approximate surface area is 139 Å². The molecule has 2 rings (SSSR count). The highest BCUT2D eigenvalue weighted by atomic mass is 16.6. The molecule has 1 aromatic heterocycles. The normalized spacial score (nSPS) is 18.4. The number of imidazole rings is 1. The second-order valence-electron chi connectivity index (χ2n) is 7.25. The Balaban J connectivity index is 1.71. The SMILES string of the molecule is CCCn1ccnc1CNCC1CCN(C(=O)OC(C)(C)C)C1. The number of carbonyl (C=O) groups is 1. The van der Waals surface area contributed by atoms with E-state index in [-0.39, 0.29) is 6.09 Å². The third-order valence-corrected chi connectivity index (χ3v) is 3.92. The lowest BCUT2D eigenvalue weighted by Gasteiger charge is -2.24. The van der Waals surface area contributed by atoms with E-state index in [2.05, 4.69) is 21.8 Å². The van der Waals surface area contributed by atoms with Gasteiger partial charge in [-0.3, -0.25) is 0 Å². The van der Waals surface area contributed by atoms with Crippen LogP contribution in [0.25, 0.3) is 0 Å². The van der Waals surface area contributed by atoms with Crippen LogP contribution in [0.3, 0.4) is 0 Å². The van der Waals surface area contributed by atoms with Gasteiger partial charge in [0.15, 0.2) is 0 Å². The lowest BCUT2D eigenvalue weighted by molar-refractivity contribution is 0.0288. The van der Waals surface area contributed by atoms with Gasteiger partial charge in [-0.25, -0.2) is 9.78 Å². The van der Waals surface area contributed by atoms with Gasteiger partial charge in [0.25, 0.3) is 0 Å². The summed E-state index contributed by atoms with van der Waals surface area (Å²) in [6.07, 6.45) is 5.82. The molecule has 0 saturated carbocycles. The maximum absolute atomic E-state index is 12.1. The van der Waals surface area contributed by atoms with Crippen molar-refractivity contribution in [3.63, 3.8) is 0 Å². The Hall–Kier alpha value is -1.56. The van der Waals surface area contributed by atoms with Gasteiger partial charge in [-0.05, 0) is 39.5 Å². The van der Waals surface area contributed by atoms with Crippen molar-refractivity contribution < 1.29 is 9.53 Å². The van der Waals surface area contributed by atoms with Crippen LogP contribution in [0.4, 0.5) is 4.79 Å². The zero-order valence-electron chi connectivity index (χ0n) is 14.8. The Morgan fingerprint density at radius 3 is 2.96 bits per heavy atom. The Morgan fingerprint density at radius 2 is 2.26 bits per heavy atom. The molecule has 0 aliphatic carbocycles. The fraction of sp³-hybridized carbons (Fsp3) is 0.765. The minimum Gasteiger partial charge on any atom is -0.444 e. The molecule has 0 spiro atoms. The summed E-state index contributed by atoms with van der Waals surface area (Å²) in [6.45, 7) is 12.1. The summed E-state index contributed by atoms with van der Waals surface area (Å²) < 4.78 is 7.62. The highest BCUT2D eigenvalue weighted by Gasteiger charge is 2.29. The number of likely N-dealkylation sites (tertiary alicyclic amines) is 1. The van der Waals surface area contributed by atoms with Crippen molar-refractivity contribution in [3.05, 3.63) is 18.2 Å². The summed E-state index contributed by atoms with van der Waals surface area (Å²) in [5.41, 5.74) is -0.427. The molecule has 6 nitrogen and oxygen atoms in total. The van der Waals surface area contributed by atoms with Crippen LogP contribution in [0.5, 0.6) is 0 Å². The Bertz CT molecular complexity index is 507. The number of nitrogens with zero attached hydrogens (tertiary/aromatic N) is 3. The van der Waals surface area contributed by atoms with Crippen LogP contribution >= 0.6 is 0 Å². The molecule has 0 radical (unpaired) electrons. The van der Waals surface area contributed by atoms with Crippen molar-refractivity contribution >= 4 is 6.09 Å². The first-order chi connectivity index (χ1) is 10.9. The third kappa shape index (κ3) is 5.53. The smallest absolute Gasteiger partial charge is 0.410 e. The van der Waals surface area contributed by atoms with Crippen LogP contribution in [-0.2, 0) is 17.8 Å². The number of rotatable bonds is 6. The Kier molecular flexibility index (Phi) is 6.04. The number of nitrogens with one attached hydrogen (secondary N) is 1. The number of hydrogen-bond acceptors (Lipinski definition) is 4. The predicted octanol–water partition coefficient (Wildman–Crippen LogP) is 2.64. The van der Waals surface area contributed by atoms with Crippen LogP contribution in [0.2, 0.25) is 0 Å². The topological polar surface area (TPSA) is 59.4 Å². The summed E-state index contributed by atoms with van der Waals surface area (Å²) in [5.74, 6) is 1.56. The average molecular weight is 322 g/mol. The van der Waals surface area contributed by atoms with E-state index in [1.807, 2.05) is 38.1 Å². The lowest BCUT2D eigenvalue weighted by atomic mass is 10.1. The molecule has 0 aromatic carbocycles. The summed E-state index contributed by atoms with van der Waals surface area (Å²) in [4.78, 5) is 18.3. The van der Waals surface area contributed by atoms with Crippen LogP contribution in [0.1, 0.15) is 46.4 Å². The first-order valence-electron chi connectivity index (χ1n) is 8.57. The molecular weight excluding hydrogens is 292 g/mol. The van der Waals surface area contributed by atoms with Crippen LogP contribution in [0, 0.1) is 5.92 Å². The predicted molar refractivity (Wildman–Crippen MR) is 90.1 cm³/mol. The Morgan fingerprint density at radius 1 is 1.48 bits per heavy atom. The number of ether oxygens (including phenoxy) is 1. The molecule has 1 saturated heterocycles. The maximum Gasteiger partial charge on any atom is 0.410 e. The molecule has 6 heteroatoms. The van der Waals surface area contributed by atoms with Crippen molar-refractivity contribution in [1.29, 1.82) is 0 Å². The molecule has 23 heavy (non-hydrogen) atoms. The van der Waals surface area contributed by atoms with Gasteiger partial charge in [-0.1, -0.05) is 6.92 Å². The highest BCUT2D eigenvalue weighted by molar-refractivity contribution is 5.68. The molecule has 1 unspecified atom stereocenters. The van der Waals surface area contributed by atoms with Gasteiger partial charge in [-0.15, -0.1) is 0 Å². The monoisotopic (exact) mass is 322 g/mol. The number of amides is 1. The summed E-state index contributed by atoms with van der Waals surface area (Å²) >= 11 is 0. The molecule has 1 aliphatic heterocycles. The summed E-state index contributed by atoms with van der Waals surface area (Å²) in [5, 5.41) is 3.47. The molecule has 1 atom stereocenters. The number of aryl methyl sites for hydroxylation is 1. The first kappa shape index (κ1) is 17.8. The van der Waals surface area contributed by atoms with E-state index in [0.717, 1.165) is 51.4 Å². The molecule has 1 N–H and O–H groups in total. The minimum absolute atomic E-state index is 0.196. The highest BCUT2D eigenvalue weighted by Crippen LogP contribution is 2.19. The van der Waals surface area contributed by atoms with E-state index in [1.54, 1.807) is 0 Å². The number of hydrogen-bond donors (Lipinski definition) is 1. The molecule has 1 amide bonds. The second-order valence-corrected chi connectivity index (χ2v) is 7.25. The van der Waals surface area contributed by atoms with Crippen molar-refractivity contribution in [3.8, 4) is 0 Å². The van der Waals surface area contributed by atoms with E-state index in [0.29, 0.717) is 5.92 Å². The van der Waals surface area contributed by atoms with Gasteiger partial charge in [0, 0.05) is 38.6 Å². The summed E-state index contributed by atoms with van der Waals surface area (Å²) in [7, 11) is 0. The molecule has 1 aromatic rings. The van der Waals surface area contributed by atoms with E-state index in [1.165, 1.54) is 0 Å². The van der Waals surface area contributed by atoms with Crippen molar-refractivity contribution in [1.82, 2.24) is 19.8 Å². The molecule has 1 aliphatic rings. The standard InChI is InChI=1S/C17H30N4O2/c1-5-8-20-10-7-19-15(20)12-18-11-14-6-9-21(13-14)16(22)23-17(2,3)4/h7,10,14,18H,5-6,8-9,11-13H2,1-4H3. The fourth-order valence-corrected chi connectivity index (χ4v) is 2.83. The van der Waals surface area contributed by atoms with E-state index >= 15 is 0 Å². The van der Waals surface area contributed by atoms with Crippen molar-refractivity contribution in [2.24, 2.45) is 5.92 Å². The fourth-order valence-electron chi connectivity index (χ4n) is 2.83. The quantitative estimate of drug-likeness (QED) is 0.875. The van der Waals surface area contributed by atoms with Gasteiger partial charge in [-0.2, -0.15) is 0 Å². The van der Waals surface area contributed by atoms with E-state index in [4.69, 9.17) is 4.74 Å². The third-order valence-electron chi connectivity index (χ3n) is 3.92. The van der Waals surface area contributed by atoms with Gasteiger partial charge < -0.3 is 19.5 Å². The average Bonchev–Trinajstić information content (AvgIpc) is 3.07. The molecular formula is C17H30N4O2. The molecule has 130 valence electrons. The zero-order chi connectivity index (χ0) is 16.9. The maximum atomic E-state index is 12.1. The molecule has 2 heterocycles. The molecule has 1 fully saturated rings. The molecule has 0 bridgehead atoms. The van der Waals surface area contributed by atoms with Crippen LogP contribution in [-0.4, -0.2) is 45.8 Å². The number of aromatic nitrogens is 2. The van der Waals surface area contributed by atoms with E-state index in [9.17, 15) is 4.79 Å². The van der Waals surface area contributed by atoms with Crippen LogP contribution in [0.15, 0.2) is 12.4 Å². The van der Waals surface area contributed by atoms with Gasteiger partial charge in [0.1, 0.15) is 11.4 Å². The minimum atomic E-state index is -0.427. The van der Waals surface area contributed by atoms with Gasteiger partial charge in [0.05, 0.1) is 6.54 Å². The van der Waals surface area contributed by atoms with Crippen molar-refractivity contribution in [2.75, 3.05) is 19.6 Å².